The lowest BCUT2D eigenvalue weighted by Crippen LogP contribution is -2.46. The van der Waals surface area contributed by atoms with E-state index in [1.165, 1.54) is 18.9 Å². The third-order valence-corrected chi connectivity index (χ3v) is 4.06. The SMILES string of the molecule is CC(=O)N1SCC1CC(=O)OCc1ccccc1. The highest BCUT2D eigenvalue weighted by Gasteiger charge is 2.33. The molecule has 0 N–H and O–H groups in total. The maximum absolute atomic E-state index is 11.6. The second-order valence-electron chi connectivity index (χ2n) is 4.14. The van der Waals surface area contributed by atoms with Gasteiger partial charge in [-0.15, -0.1) is 0 Å². The Morgan fingerprint density at radius 3 is 2.67 bits per heavy atom. The Morgan fingerprint density at radius 1 is 1.39 bits per heavy atom. The number of amides is 1. The van der Waals surface area contributed by atoms with E-state index in [-0.39, 0.29) is 24.3 Å². The van der Waals surface area contributed by atoms with Crippen LogP contribution >= 0.6 is 11.9 Å². The molecule has 1 aromatic rings. The number of ether oxygens (including phenoxy) is 1. The van der Waals surface area contributed by atoms with Crippen LogP contribution in [0.2, 0.25) is 0 Å². The smallest absolute Gasteiger partial charge is 0.308 e. The molecule has 0 saturated carbocycles. The Morgan fingerprint density at radius 2 is 2.11 bits per heavy atom. The van der Waals surface area contributed by atoms with E-state index >= 15 is 0 Å². The van der Waals surface area contributed by atoms with Gasteiger partial charge in [0.1, 0.15) is 6.61 Å². The zero-order chi connectivity index (χ0) is 13.0. The van der Waals surface area contributed by atoms with Crippen LogP contribution in [0.15, 0.2) is 30.3 Å². The molecule has 1 saturated heterocycles. The van der Waals surface area contributed by atoms with E-state index in [2.05, 4.69) is 0 Å². The van der Waals surface area contributed by atoms with Crippen molar-refractivity contribution in [1.29, 1.82) is 0 Å². The topological polar surface area (TPSA) is 46.6 Å². The quantitative estimate of drug-likeness (QED) is 0.617. The lowest BCUT2D eigenvalue weighted by Gasteiger charge is -2.37. The van der Waals surface area contributed by atoms with Crippen LogP contribution in [-0.2, 0) is 20.9 Å². The molecule has 1 amide bonds. The van der Waals surface area contributed by atoms with E-state index in [1.54, 1.807) is 4.31 Å². The number of benzene rings is 1. The third kappa shape index (κ3) is 3.26. The predicted molar refractivity (Wildman–Crippen MR) is 69.6 cm³/mol. The summed E-state index contributed by atoms with van der Waals surface area (Å²) in [5.41, 5.74) is 0.970. The van der Waals surface area contributed by atoms with Gasteiger partial charge in [-0.25, -0.2) is 0 Å². The van der Waals surface area contributed by atoms with E-state index in [9.17, 15) is 9.59 Å². The zero-order valence-electron chi connectivity index (χ0n) is 10.2. The van der Waals surface area contributed by atoms with E-state index in [0.29, 0.717) is 6.61 Å². The maximum Gasteiger partial charge on any atom is 0.308 e. The number of hydrogen-bond donors (Lipinski definition) is 0. The fourth-order valence-electron chi connectivity index (χ4n) is 1.73. The van der Waals surface area contributed by atoms with Crippen molar-refractivity contribution >= 4 is 23.8 Å². The molecule has 96 valence electrons. The third-order valence-electron chi connectivity index (χ3n) is 2.69. The van der Waals surface area contributed by atoms with Gasteiger partial charge in [0, 0.05) is 12.7 Å². The van der Waals surface area contributed by atoms with Gasteiger partial charge in [-0.2, -0.15) is 0 Å². The monoisotopic (exact) mass is 265 g/mol. The standard InChI is InChI=1S/C13H15NO3S/c1-10(15)14-12(9-18-14)7-13(16)17-8-11-5-3-2-4-6-11/h2-6,12H,7-9H2,1H3. The van der Waals surface area contributed by atoms with Crippen LogP contribution in [0.1, 0.15) is 18.9 Å². The first-order chi connectivity index (χ1) is 8.66. The summed E-state index contributed by atoms with van der Waals surface area (Å²) in [5.74, 6) is 0.544. The fraction of sp³-hybridized carbons (Fsp3) is 0.385. The average molecular weight is 265 g/mol. The molecule has 0 aliphatic carbocycles. The average Bonchev–Trinajstić information content (AvgIpc) is 2.32. The van der Waals surface area contributed by atoms with E-state index in [4.69, 9.17) is 4.74 Å². The van der Waals surface area contributed by atoms with Gasteiger partial charge in [-0.05, 0) is 17.5 Å². The van der Waals surface area contributed by atoms with Crippen molar-refractivity contribution < 1.29 is 14.3 Å². The summed E-state index contributed by atoms with van der Waals surface area (Å²) in [7, 11) is 0. The first-order valence-electron chi connectivity index (χ1n) is 5.79. The number of carbonyl (C=O) groups is 2. The molecule has 2 rings (SSSR count). The Hall–Kier alpha value is -1.49. The van der Waals surface area contributed by atoms with Crippen LogP contribution < -0.4 is 0 Å². The van der Waals surface area contributed by atoms with E-state index < -0.39 is 0 Å². The number of esters is 1. The van der Waals surface area contributed by atoms with Crippen LogP contribution in [-0.4, -0.2) is 28.0 Å². The van der Waals surface area contributed by atoms with E-state index in [1.807, 2.05) is 30.3 Å². The largest absolute Gasteiger partial charge is 0.461 e. The van der Waals surface area contributed by atoms with Crippen LogP contribution in [0.4, 0.5) is 0 Å². The van der Waals surface area contributed by atoms with Crippen molar-refractivity contribution in [2.75, 3.05) is 5.75 Å². The molecule has 4 nitrogen and oxygen atoms in total. The van der Waals surface area contributed by atoms with Gasteiger partial charge in [0.15, 0.2) is 0 Å². The van der Waals surface area contributed by atoms with Crippen LogP contribution in [0.5, 0.6) is 0 Å². The summed E-state index contributed by atoms with van der Waals surface area (Å²) >= 11 is 1.45. The first kappa shape index (κ1) is 13.0. The number of hydrogen-bond acceptors (Lipinski definition) is 4. The lowest BCUT2D eigenvalue weighted by atomic mass is 10.2. The summed E-state index contributed by atoms with van der Waals surface area (Å²) in [5, 5.41) is 0. The highest BCUT2D eigenvalue weighted by Crippen LogP contribution is 2.30. The van der Waals surface area contributed by atoms with Gasteiger partial charge in [0.2, 0.25) is 5.91 Å². The van der Waals surface area contributed by atoms with Gasteiger partial charge in [-0.1, -0.05) is 30.3 Å². The minimum Gasteiger partial charge on any atom is -0.461 e. The summed E-state index contributed by atoms with van der Waals surface area (Å²) in [6.45, 7) is 1.80. The summed E-state index contributed by atoms with van der Waals surface area (Å²) < 4.78 is 6.81. The minimum absolute atomic E-state index is 0.00391. The van der Waals surface area contributed by atoms with Crippen molar-refractivity contribution in [3.05, 3.63) is 35.9 Å². The van der Waals surface area contributed by atoms with Crippen molar-refractivity contribution in [2.45, 2.75) is 26.0 Å². The molecule has 1 aliphatic rings. The predicted octanol–water partition coefficient (Wildman–Crippen LogP) is 2.00. The molecule has 1 heterocycles. The number of carbonyl (C=O) groups excluding carboxylic acids is 2. The highest BCUT2D eigenvalue weighted by molar-refractivity contribution is 7.98. The number of rotatable bonds is 4. The van der Waals surface area contributed by atoms with Gasteiger partial charge >= 0.3 is 5.97 Å². The highest BCUT2D eigenvalue weighted by atomic mass is 32.2. The fourth-order valence-corrected chi connectivity index (χ4v) is 2.62. The van der Waals surface area contributed by atoms with Gasteiger partial charge in [0.05, 0.1) is 12.5 Å². The van der Waals surface area contributed by atoms with Crippen molar-refractivity contribution in [2.24, 2.45) is 0 Å². The van der Waals surface area contributed by atoms with Gasteiger partial charge < -0.3 is 4.74 Å². The Labute approximate surface area is 110 Å². The second kappa shape index (κ2) is 5.91. The Bertz CT molecular complexity index is 435. The van der Waals surface area contributed by atoms with Crippen molar-refractivity contribution in [1.82, 2.24) is 4.31 Å². The van der Waals surface area contributed by atoms with Crippen LogP contribution in [0.3, 0.4) is 0 Å². The minimum atomic E-state index is -0.254. The van der Waals surface area contributed by atoms with Crippen LogP contribution in [0, 0.1) is 0 Å². The van der Waals surface area contributed by atoms with Crippen molar-refractivity contribution in [3.8, 4) is 0 Å². The normalized spacial score (nSPS) is 18.1. The maximum atomic E-state index is 11.6. The Kier molecular flexibility index (Phi) is 4.25. The first-order valence-corrected chi connectivity index (χ1v) is 6.73. The molecule has 0 aromatic heterocycles. The lowest BCUT2D eigenvalue weighted by molar-refractivity contribution is -0.146. The molecular formula is C13H15NO3S. The van der Waals surface area contributed by atoms with Gasteiger partial charge in [-0.3, -0.25) is 13.9 Å². The van der Waals surface area contributed by atoms with Crippen molar-refractivity contribution in [3.63, 3.8) is 0 Å². The number of nitrogens with zero attached hydrogens (tertiary/aromatic N) is 1. The summed E-state index contributed by atoms with van der Waals surface area (Å²) in [6.07, 6.45) is 0.277. The molecule has 1 atom stereocenters. The zero-order valence-corrected chi connectivity index (χ0v) is 11.0. The molecule has 1 fully saturated rings. The molecule has 1 unspecified atom stereocenters. The molecule has 1 aromatic carbocycles. The molecule has 0 spiro atoms. The molecule has 0 radical (unpaired) electrons. The van der Waals surface area contributed by atoms with E-state index in [0.717, 1.165) is 11.3 Å². The molecular weight excluding hydrogens is 250 g/mol. The summed E-state index contributed by atoms with van der Waals surface area (Å²) in [6, 6.07) is 9.55. The molecule has 5 heteroatoms. The molecule has 18 heavy (non-hydrogen) atoms. The van der Waals surface area contributed by atoms with Gasteiger partial charge in [0.25, 0.3) is 0 Å². The molecule has 0 bridgehead atoms. The Balaban J connectivity index is 1.74. The van der Waals surface area contributed by atoms with Crippen LogP contribution in [0.25, 0.3) is 0 Å². The molecule has 1 aliphatic heterocycles. The summed E-state index contributed by atoms with van der Waals surface area (Å²) in [4.78, 5) is 22.8. The second-order valence-corrected chi connectivity index (χ2v) is 5.13.